The molecular weight excluding hydrogens is 286 g/mol. The van der Waals surface area contributed by atoms with Crippen LogP contribution in [0.25, 0.3) is 0 Å². The van der Waals surface area contributed by atoms with Gasteiger partial charge in [-0.25, -0.2) is 0 Å². The fraction of sp³-hybridized carbons (Fsp3) is 0.467. The van der Waals surface area contributed by atoms with Gasteiger partial charge in [0.1, 0.15) is 0 Å². The minimum absolute atomic E-state index is 0.0845. The van der Waals surface area contributed by atoms with Gasteiger partial charge in [0.05, 0.1) is 13.2 Å². The van der Waals surface area contributed by atoms with Crippen LogP contribution in [0.3, 0.4) is 0 Å². The summed E-state index contributed by atoms with van der Waals surface area (Å²) in [6.45, 7) is 5.33. The molecule has 0 radical (unpaired) electrons. The van der Waals surface area contributed by atoms with Crippen molar-refractivity contribution >= 4 is 28.9 Å². The average molecular weight is 309 g/mol. The van der Waals surface area contributed by atoms with Gasteiger partial charge in [0, 0.05) is 26.4 Å². The van der Waals surface area contributed by atoms with Gasteiger partial charge in [0.25, 0.3) is 0 Å². The van der Waals surface area contributed by atoms with E-state index < -0.39 is 0 Å². The number of carbonyl (C=O) groups excluding carboxylic acids is 1. The normalized spacial score (nSPS) is 10.1. The molecule has 0 saturated heterocycles. The van der Waals surface area contributed by atoms with E-state index in [0.717, 1.165) is 5.69 Å². The quantitative estimate of drug-likeness (QED) is 0.619. The van der Waals surface area contributed by atoms with Crippen molar-refractivity contribution in [3.63, 3.8) is 0 Å². The van der Waals surface area contributed by atoms with Crippen LogP contribution in [0.5, 0.6) is 0 Å². The SMILES string of the molecule is COCCNC(=O)CN(C)C(=S)Nc1ccc(C)c(C)c1. The molecule has 5 nitrogen and oxygen atoms in total. The first-order valence-electron chi connectivity index (χ1n) is 6.79. The summed E-state index contributed by atoms with van der Waals surface area (Å²) in [5, 5.41) is 6.41. The third kappa shape index (κ3) is 6.10. The van der Waals surface area contributed by atoms with Crippen LogP contribution in [-0.4, -0.2) is 49.8 Å². The molecule has 0 aliphatic rings. The number of hydrogen-bond donors (Lipinski definition) is 2. The Kier molecular flexibility index (Phi) is 7.11. The number of nitrogens with zero attached hydrogens (tertiary/aromatic N) is 1. The van der Waals surface area contributed by atoms with Crippen LogP contribution >= 0.6 is 12.2 Å². The number of thiocarbonyl (C=S) groups is 1. The summed E-state index contributed by atoms with van der Waals surface area (Å²) in [5.41, 5.74) is 3.36. The molecule has 0 saturated carbocycles. The monoisotopic (exact) mass is 309 g/mol. The van der Waals surface area contributed by atoms with Crippen molar-refractivity contribution in [2.45, 2.75) is 13.8 Å². The van der Waals surface area contributed by atoms with Gasteiger partial charge in [-0.3, -0.25) is 4.79 Å². The van der Waals surface area contributed by atoms with Gasteiger partial charge in [-0.1, -0.05) is 6.07 Å². The maximum atomic E-state index is 11.7. The smallest absolute Gasteiger partial charge is 0.239 e. The topological polar surface area (TPSA) is 53.6 Å². The van der Waals surface area contributed by atoms with Crippen LogP contribution in [0.1, 0.15) is 11.1 Å². The van der Waals surface area contributed by atoms with E-state index in [4.69, 9.17) is 17.0 Å². The molecule has 0 unspecified atom stereocenters. The van der Waals surface area contributed by atoms with Crippen LogP contribution in [-0.2, 0) is 9.53 Å². The van der Waals surface area contributed by atoms with Gasteiger partial charge in [0.2, 0.25) is 5.91 Å². The van der Waals surface area contributed by atoms with E-state index in [2.05, 4.69) is 24.5 Å². The summed E-state index contributed by atoms with van der Waals surface area (Å²) in [4.78, 5) is 13.4. The molecule has 0 fully saturated rings. The van der Waals surface area contributed by atoms with Gasteiger partial charge < -0.3 is 20.3 Å². The Hall–Kier alpha value is -1.66. The maximum Gasteiger partial charge on any atom is 0.239 e. The number of likely N-dealkylation sites (N-methyl/N-ethyl adjacent to an activating group) is 1. The van der Waals surface area contributed by atoms with Gasteiger partial charge >= 0.3 is 0 Å². The molecule has 0 aliphatic heterocycles. The average Bonchev–Trinajstić information content (AvgIpc) is 2.43. The number of carbonyl (C=O) groups is 1. The Labute approximate surface area is 131 Å². The van der Waals surface area contributed by atoms with Crippen LogP contribution in [0, 0.1) is 13.8 Å². The molecule has 116 valence electrons. The first-order valence-corrected chi connectivity index (χ1v) is 7.20. The number of nitrogens with one attached hydrogen (secondary N) is 2. The fourth-order valence-electron chi connectivity index (χ4n) is 1.67. The Bertz CT molecular complexity index is 506. The van der Waals surface area contributed by atoms with E-state index in [0.29, 0.717) is 18.3 Å². The van der Waals surface area contributed by atoms with E-state index in [1.165, 1.54) is 11.1 Å². The minimum Gasteiger partial charge on any atom is -0.383 e. The third-order valence-electron chi connectivity index (χ3n) is 3.11. The van der Waals surface area contributed by atoms with Gasteiger partial charge in [-0.15, -0.1) is 0 Å². The number of aryl methyl sites for hydroxylation is 2. The molecule has 21 heavy (non-hydrogen) atoms. The molecule has 0 aromatic heterocycles. The van der Waals surface area contributed by atoms with E-state index in [1.54, 1.807) is 19.1 Å². The number of amides is 1. The van der Waals surface area contributed by atoms with Crippen molar-refractivity contribution in [1.82, 2.24) is 10.2 Å². The van der Waals surface area contributed by atoms with Crippen LogP contribution in [0.2, 0.25) is 0 Å². The van der Waals surface area contributed by atoms with Crippen molar-refractivity contribution in [1.29, 1.82) is 0 Å². The summed E-state index contributed by atoms with van der Waals surface area (Å²) in [5.74, 6) is -0.0845. The highest BCUT2D eigenvalue weighted by molar-refractivity contribution is 7.80. The lowest BCUT2D eigenvalue weighted by Gasteiger charge is -2.21. The van der Waals surface area contributed by atoms with E-state index in [9.17, 15) is 4.79 Å². The number of benzene rings is 1. The second kappa shape index (κ2) is 8.59. The molecule has 0 heterocycles. The molecular formula is C15H23N3O2S. The molecule has 1 rings (SSSR count). The number of methoxy groups -OCH3 is 1. The Balaban J connectivity index is 2.46. The Morgan fingerprint density at radius 3 is 2.67 bits per heavy atom. The van der Waals surface area contributed by atoms with Crippen LogP contribution in [0.15, 0.2) is 18.2 Å². The predicted octanol–water partition coefficient (Wildman–Crippen LogP) is 1.69. The highest BCUT2D eigenvalue weighted by Crippen LogP contribution is 2.14. The molecule has 2 N–H and O–H groups in total. The number of rotatable bonds is 6. The summed E-state index contributed by atoms with van der Waals surface area (Å²) < 4.78 is 4.88. The van der Waals surface area contributed by atoms with Crippen LogP contribution in [0.4, 0.5) is 5.69 Å². The van der Waals surface area contributed by atoms with Crippen molar-refractivity contribution < 1.29 is 9.53 Å². The summed E-state index contributed by atoms with van der Waals surface area (Å²) in [6, 6.07) is 6.05. The van der Waals surface area contributed by atoms with Gasteiger partial charge in [-0.2, -0.15) is 0 Å². The Morgan fingerprint density at radius 1 is 1.33 bits per heavy atom. The summed E-state index contributed by atoms with van der Waals surface area (Å²) >= 11 is 5.30. The lowest BCUT2D eigenvalue weighted by Crippen LogP contribution is -2.41. The molecule has 0 atom stereocenters. The van der Waals surface area contributed by atoms with Crippen molar-refractivity contribution in [2.75, 3.05) is 39.2 Å². The standard InChI is InChI=1S/C15H23N3O2S/c1-11-5-6-13(9-12(11)2)17-15(21)18(3)10-14(19)16-7-8-20-4/h5-6,9H,7-8,10H2,1-4H3,(H,16,19)(H,17,21). The molecule has 1 amide bonds. The van der Waals surface area contributed by atoms with Crippen molar-refractivity contribution in [3.05, 3.63) is 29.3 Å². The lowest BCUT2D eigenvalue weighted by molar-refractivity contribution is -0.121. The fourth-order valence-corrected chi connectivity index (χ4v) is 1.86. The van der Waals surface area contributed by atoms with E-state index >= 15 is 0 Å². The zero-order chi connectivity index (χ0) is 15.8. The van der Waals surface area contributed by atoms with E-state index in [-0.39, 0.29) is 12.5 Å². The van der Waals surface area contributed by atoms with E-state index in [1.807, 2.05) is 18.2 Å². The molecule has 0 spiro atoms. The lowest BCUT2D eigenvalue weighted by atomic mass is 10.1. The second-order valence-corrected chi connectivity index (χ2v) is 5.31. The molecule has 0 aliphatic carbocycles. The third-order valence-corrected chi connectivity index (χ3v) is 3.53. The molecule has 6 heteroatoms. The Morgan fingerprint density at radius 2 is 2.05 bits per heavy atom. The summed E-state index contributed by atoms with van der Waals surface area (Å²) in [7, 11) is 3.38. The largest absolute Gasteiger partial charge is 0.383 e. The highest BCUT2D eigenvalue weighted by atomic mass is 32.1. The zero-order valence-corrected chi connectivity index (χ0v) is 13.8. The first kappa shape index (κ1) is 17.4. The van der Waals surface area contributed by atoms with Gasteiger partial charge in [0.15, 0.2) is 5.11 Å². The first-order chi connectivity index (χ1) is 9.93. The number of hydrogen-bond acceptors (Lipinski definition) is 3. The van der Waals surface area contributed by atoms with Crippen molar-refractivity contribution in [3.8, 4) is 0 Å². The number of anilines is 1. The summed E-state index contributed by atoms with van der Waals surface area (Å²) in [6.07, 6.45) is 0. The number of ether oxygens (including phenoxy) is 1. The van der Waals surface area contributed by atoms with Crippen LogP contribution < -0.4 is 10.6 Å². The zero-order valence-electron chi connectivity index (χ0n) is 13.0. The maximum absolute atomic E-state index is 11.7. The highest BCUT2D eigenvalue weighted by Gasteiger charge is 2.09. The minimum atomic E-state index is -0.0845. The molecule has 1 aromatic rings. The van der Waals surface area contributed by atoms with Gasteiger partial charge in [-0.05, 0) is 49.3 Å². The molecule has 1 aromatic carbocycles. The second-order valence-electron chi connectivity index (χ2n) is 4.93. The predicted molar refractivity (Wildman–Crippen MR) is 89.7 cm³/mol. The van der Waals surface area contributed by atoms with Crippen molar-refractivity contribution in [2.24, 2.45) is 0 Å². The molecule has 0 bridgehead atoms.